The third-order valence-corrected chi connectivity index (χ3v) is 1.72. The summed E-state index contributed by atoms with van der Waals surface area (Å²) in [4.78, 5) is 0. The molecule has 1 aromatic rings. The van der Waals surface area contributed by atoms with Gasteiger partial charge in [-0.3, -0.25) is 0 Å². The van der Waals surface area contributed by atoms with E-state index < -0.39 is 0 Å². The van der Waals surface area contributed by atoms with Crippen LogP contribution in [0, 0.1) is 0 Å². The van der Waals surface area contributed by atoms with Crippen LogP contribution in [0.25, 0.3) is 0 Å². The van der Waals surface area contributed by atoms with E-state index in [2.05, 4.69) is 29.4 Å². The van der Waals surface area contributed by atoms with E-state index in [-0.39, 0.29) is 6.04 Å². The summed E-state index contributed by atoms with van der Waals surface area (Å²) in [6.45, 7) is 5.21. The Bertz CT molecular complexity index is 198. The van der Waals surface area contributed by atoms with Crippen LogP contribution in [0.5, 0.6) is 0 Å². The zero-order valence-electron chi connectivity index (χ0n) is 7.58. The van der Waals surface area contributed by atoms with E-state index in [9.17, 15) is 0 Å². The lowest BCUT2D eigenvalue weighted by atomic mass is 10.2. The van der Waals surface area contributed by atoms with Gasteiger partial charge in [-0.05, 0) is 19.4 Å². The minimum Gasteiger partial charge on any atom is -0.426 e. The van der Waals surface area contributed by atoms with Crippen molar-refractivity contribution in [2.24, 2.45) is 0 Å². The molecule has 1 heterocycles. The van der Waals surface area contributed by atoms with Crippen LogP contribution < -0.4 is 5.32 Å². The fourth-order valence-corrected chi connectivity index (χ4v) is 1.06. The number of hydrogen-bond acceptors (Lipinski definition) is 4. The summed E-state index contributed by atoms with van der Waals surface area (Å²) in [7, 11) is 0. The van der Waals surface area contributed by atoms with E-state index in [1.807, 2.05) is 0 Å². The highest BCUT2D eigenvalue weighted by Gasteiger charge is 2.12. The zero-order valence-corrected chi connectivity index (χ0v) is 7.58. The molecule has 0 saturated carbocycles. The summed E-state index contributed by atoms with van der Waals surface area (Å²) in [6.07, 6.45) is 3.46. The number of nitrogens with one attached hydrogen (secondary N) is 1. The number of rotatable bonds is 5. The Morgan fingerprint density at radius 2 is 2.42 bits per heavy atom. The van der Waals surface area contributed by atoms with Crippen LogP contribution in [0.2, 0.25) is 0 Å². The number of nitrogens with zero attached hydrogens (tertiary/aromatic N) is 2. The Morgan fingerprint density at radius 1 is 1.58 bits per heavy atom. The molecule has 1 unspecified atom stereocenters. The van der Waals surface area contributed by atoms with Crippen molar-refractivity contribution in [3.8, 4) is 0 Å². The molecular formula is C8H15N3O. The molecule has 0 fully saturated rings. The topological polar surface area (TPSA) is 51.0 Å². The summed E-state index contributed by atoms with van der Waals surface area (Å²) < 4.78 is 5.10. The molecular weight excluding hydrogens is 154 g/mol. The van der Waals surface area contributed by atoms with Gasteiger partial charge in [0.2, 0.25) is 12.3 Å². The monoisotopic (exact) mass is 169 g/mol. The molecule has 0 radical (unpaired) electrons. The summed E-state index contributed by atoms with van der Waals surface area (Å²) in [5.41, 5.74) is 0. The second-order valence-electron chi connectivity index (χ2n) is 2.69. The first-order chi connectivity index (χ1) is 5.88. The van der Waals surface area contributed by atoms with Crippen LogP contribution in [-0.4, -0.2) is 16.7 Å². The second-order valence-corrected chi connectivity index (χ2v) is 2.69. The molecule has 68 valence electrons. The van der Waals surface area contributed by atoms with Gasteiger partial charge in [0, 0.05) is 0 Å². The Morgan fingerprint density at radius 3 is 2.92 bits per heavy atom. The van der Waals surface area contributed by atoms with Gasteiger partial charge in [0.15, 0.2) is 0 Å². The molecule has 4 nitrogen and oxygen atoms in total. The highest BCUT2D eigenvalue weighted by Crippen LogP contribution is 2.12. The van der Waals surface area contributed by atoms with Crippen LogP contribution in [-0.2, 0) is 0 Å². The molecule has 0 aliphatic carbocycles. The van der Waals surface area contributed by atoms with Gasteiger partial charge in [0.1, 0.15) is 0 Å². The highest BCUT2D eigenvalue weighted by atomic mass is 16.4. The maximum absolute atomic E-state index is 5.10. The van der Waals surface area contributed by atoms with Crippen molar-refractivity contribution in [2.75, 3.05) is 6.54 Å². The van der Waals surface area contributed by atoms with Crippen LogP contribution in [0.15, 0.2) is 10.8 Å². The summed E-state index contributed by atoms with van der Waals surface area (Å²) in [6, 6.07) is 0.215. The Balaban J connectivity index is 2.45. The molecule has 0 spiro atoms. The predicted molar refractivity (Wildman–Crippen MR) is 45.6 cm³/mol. The maximum atomic E-state index is 5.10. The molecule has 0 aliphatic rings. The molecule has 1 rings (SSSR count). The molecule has 1 atom stereocenters. The van der Waals surface area contributed by atoms with E-state index >= 15 is 0 Å². The average Bonchev–Trinajstić information content (AvgIpc) is 2.59. The summed E-state index contributed by atoms with van der Waals surface area (Å²) in [5.74, 6) is 0.686. The average molecular weight is 169 g/mol. The van der Waals surface area contributed by atoms with Crippen molar-refractivity contribution in [2.45, 2.75) is 32.7 Å². The second kappa shape index (κ2) is 4.87. The third-order valence-electron chi connectivity index (χ3n) is 1.72. The Kier molecular flexibility index (Phi) is 3.73. The van der Waals surface area contributed by atoms with Gasteiger partial charge in [-0.25, -0.2) is 0 Å². The van der Waals surface area contributed by atoms with Gasteiger partial charge in [0.25, 0.3) is 0 Å². The lowest BCUT2D eigenvalue weighted by molar-refractivity contribution is 0.390. The van der Waals surface area contributed by atoms with Crippen LogP contribution in [0.1, 0.15) is 38.6 Å². The predicted octanol–water partition coefficient (Wildman–Crippen LogP) is 1.52. The standard InChI is InChI=1S/C8H15N3O/c1-3-5-9-7(4-2)8-11-10-6-12-8/h6-7,9H,3-5H2,1-2H3. The normalized spacial score (nSPS) is 13.2. The quantitative estimate of drug-likeness (QED) is 0.726. The van der Waals surface area contributed by atoms with Crippen molar-refractivity contribution in [1.29, 1.82) is 0 Å². The van der Waals surface area contributed by atoms with Crippen molar-refractivity contribution in [1.82, 2.24) is 15.5 Å². The first-order valence-electron chi connectivity index (χ1n) is 4.37. The maximum Gasteiger partial charge on any atom is 0.233 e. The van der Waals surface area contributed by atoms with Crippen molar-refractivity contribution < 1.29 is 4.42 Å². The Hall–Kier alpha value is -0.900. The van der Waals surface area contributed by atoms with Crippen LogP contribution in [0.4, 0.5) is 0 Å². The van der Waals surface area contributed by atoms with Gasteiger partial charge < -0.3 is 9.73 Å². The molecule has 1 aromatic heterocycles. The minimum atomic E-state index is 0.215. The van der Waals surface area contributed by atoms with E-state index in [4.69, 9.17) is 4.42 Å². The number of aromatic nitrogens is 2. The van der Waals surface area contributed by atoms with E-state index in [1.54, 1.807) is 0 Å². The largest absolute Gasteiger partial charge is 0.426 e. The van der Waals surface area contributed by atoms with E-state index in [0.717, 1.165) is 19.4 Å². The molecule has 0 aliphatic heterocycles. The molecule has 0 saturated heterocycles. The van der Waals surface area contributed by atoms with Crippen molar-refractivity contribution in [3.63, 3.8) is 0 Å². The lowest BCUT2D eigenvalue weighted by Crippen LogP contribution is -2.21. The highest BCUT2D eigenvalue weighted by molar-refractivity contribution is 4.84. The SMILES string of the molecule is CCCNC(CC)c1nnco1. The van der Waals surface area contributed by atoms with Gasteiger partial charge in [-0.2, -0.15) is 0 Å². The number of hydrogen-bond donors (Lipinski definition) is 1. The van der Waals surface area contributed by atoms with Crippen LogP contribution in [0.3, 0.4) is 0 Å². The Labute approximate surface area is 72.4 Å². The molecule has 4 heteroatoms. The van der Waals surface area contributed by atoms with Gasteiger partial charge in [-0.1, -0.05) is 13.8 Å². The van der Waals surface area contributed by atoms with Gasteiger partial charge in [0.05, 0.1) is 6.04 Å². The van der Waals surface area contributed by atoms with E-state index in [1.165, 1.54) is 6.39 Å². The first-order valence-corrected chi connectivity index (χ1v) is 4.37. The van der Waals surface area contributed by atoms with E-state index in [0.29, 0.717) is 5.89 Å². The smallest absolute Gasteiger partial charge is 0.233 e. The molecule has 0 bridgehead atoms. The summed E-state index contributed by atoms with van der Waals surface area (Å²) in [5, 5.41) is 10.8. The minimum absolute atomic E-state index is 0.215. The fraction of sp³-hybridized carbons (Fsp3) is 0.750. The fourth-order valence-electron chi connectivity index (χ4n) is 1.06. The van der Waals surface area contributed by atoms with Gasteiger partial charge in [-0.15, -0.1) is 10.2 Å². The molecule has 0 amide bonds. The van der Waals surface area contributed by atoms with Gasteiger partial charge >= 0.3 is 0 Å². The lowest BCUT2D eigenvalue weighted by Gasteiger charge is -2.10. The summed E-state index contributed by atoms with van der Waals surface area (Å²) >= 11 is 0. The first kappa shape index (κ1) is 9.19. The molecule has 1 N–H and O–H groups in total. The van der Waals surface area contributed by atoms with Crippen molar-refractivity contribution >= 4 is 0 Å². The third kappa shape index (κ3) is 2.30. The van der Waals surface area contributed by atoms with Crippen LogP contribution >= 0.6 is 0 Å². The molecule has 0 aromatic carbocycles. The van der Waals surface area contributed by atoms with Crippen molar-refractivity contribution in [3.05, 3.63) is 12.3 Å². The molecule has 12 heavy (non-hydrogen) atoms. The zero-order chi connectivity index (χ0) is 8.81.